The number of hydrogen-bond acceptors (Lipinski definition) is 0. The van der Waals surface area contributed by atoms with E-state index in [1.807, 2.05) is 0 Å². The minimum absolute atomic E-state index is 1.05. The second-order valence-corrected chi connectivity index (χ2v) is 42.1. The van der Waals surface area contributed by atoms with Crippen LogP contribution in [0.2, 0.25) is 8.94 Å². The summed E-state index contributed by atoms with van der Waals surface area (Å²) in [4.78, 5) is 0. The molecule has 0 N–H and O–H groups in total. The van der Waals surface area contributed by atoms with Gasteiger partial charge in [0.2, 0.25) is 0 Å². The van der Waals surface area contributed by atoms with Gasteiger partial charge in [-0.05, 0) is 0 Å². The molecule has 0 aromatic heterocycles. The van der Waals surface area contributed by atoms with Crippen LogP contribution in [0.3, 0.4) is 0 Å². The Balaban J connectivity index is 2.40. The van der Waals surface area contributed by atoms with Crippen molar-refractivity contribution in [2.45, 2.75) is 21.8 Å². The van der Waals surface area contributed by atoms with Crippen LogP contribution in [0.4, 0.5) is 0 Å². The molecule has 0 amide bonds. The molecule has 1 saturated heterocycles. The average Bonchev–Trinajstić information content (AvgIpc) is 1.84. The van der Waals surface area contributed by atoms with Gasteiger partial charge in [-0.25, -0.2) is 0 Å². The van der Waals surface area contributed by atoms with Crippen molar-refractivity contribution in [1.29, 1.82) is 0 Å². The van der Waals surface area contributed by atoms with Gasteiger partial charge in [0.25, 0.3) is 0 Å². The fraction of sp³-hybridized carbons (Fsp3) is 1.00. The first kappa shape index (κ1) is 7.36. The van der Waals surface area contributed by atoms with Crippen molar-refractivity contribution >= 4 is 47.7 Å². The van der Waals surface area contributed by atoms with Gasteiger partial charge in [-0.3, -0.25) is 0 Å². The maximum absolute atomic E-state index is 2.74. The van der Waals surface area contributed by atoms with Crippen LogP contribution in [0.1, 0.15) is 12.8 Å². The first-order valence-corrected chi connectivity index (χ1v) is 19.3. The van der Waals surface area contributed by atoms with Gasteiger partial charge in [0, 0.05) is 0 Å². The Morgan fingerprint density at radius 1 is 1.00 bits per heavy atom. The first-order valence-electron chi connectivity index (χ1n) is 2.39. The maximum atomic E-state index is 2.74. The zero-order valence-electron chi connectivity index (χ0n) is 3.99. The van der Waals surface area contributed by atoms with Gasteiger partial charge in [-0.1, -0.05) is 0 Å². The van der Waals surface area contributed by atoms with Crippen molar-refractivity contribution in [3.05, 3.63) is 0 Å². The predicted molar refractivity (Wildman–Crippen MR) is 52.6 cm³/mol. The number of hydrogen-bond donors (Lipinski definition) is 0. The van der Waals surface area contributed by atoms with Crippen LogP contribution in [0, 0.1) is 0 Å². The normalized spacial score (nSPS) is 32.9. The minimum atomic E-state index is -1.05. The summed E-state index contributed by atoms with van der Waals surface area (Å²) in [6.45, 7) is 0. The molecule has 0 unspecified atom stereocenters. The van der Waals surface area contributed by atoms with E-state index in [1.54, 1.807) is 8.94 Å². The SMILES string of the molecule is I[Te]1(I)CCCC1. The van der Waals surface area contributed by atoms with Crippen LogP contribution in [-0.4, -0.2) is 10.3 Å². The summed E-state index contributed by atoms with van der Waals surface area (Å²) >= 11 is 5.49. The van der Waals surface area contributed by atoms with Gasteiger partial charge in [-0.15, -0.1) is 0 Å². The van der Waals surface area contributed by atoms with Crippen molar-refractivity contribution in [3.63, 3.8) is 0 Å². The molecule has 1 aliphatic heterocycles. The third kappa shape index (κ3) is 2.55. The van der Waals surface area contributed by atoms with Gasteiger partial charge in [-0.2, -0.15) is 0 Å². The van der Waals surface area contributed by atoms with E-state index in [-0.39, 0.29) is 0 Å². The van der Waals surface area contributed by atoms with E-state index in [1.165, 1.54) is 12.8 Å². The Morgan fingerprint density at radius 3 is 1.57 bits per heavy atom. The Bertz CT molecular complexity index is 64.1. The molecule has 0 aliphatic carbocycles. The third-order valence-electron chi connectivity index (χ3n) is 1.14. The van der Waals surface area contributed by atoms with Crippen LogP contribution in [0.15, 0.2) is 0 Å². The number of rotatable bonds is 0. The molecule has 1 aliphatic rings. The second kappa shape index (κ2) is 2.89. The molecule has 44 valence electrons. The molecule has 1 rings (SSSR count). The Hall–Kier alpha value is 2.25. The Labute approximate surface area is 68.1 Å². The molecule has 0 spiro atoms. The summed E-state index contributed by atoms with van der Waals surface area (Å²) < 4.78 is 3.23. The molecule has 3 heteroatoms. The fourth-order valence-electron chi connectivity index (χ4n) is 0.729. The molecule has 0 bridgehead atoms. The van der Waals surface area contributed by atoms with E-state index >= 15 is 0 Å². The van der Waals surface area contributed by atoms with Gasteiger partial charge in [0.05, 0.1) is 0 Å². The molecular formula is C4H8I2Te. The van der Waals surface area contributed by atoms with Crippen molar-refractivity contribution in [3.8, 4) is 0 Å². The molecule has 7 heavy (non-hydrogen) atoms. The molecule has 0 nitrogen and oxygen atoms in total. The van der Waals surface area contributed by atoms with Crippen LogP contribution < -0.4 is 0 Å². The molecule has 0 aromatic carbocycles. The standard InChI is InChI=1S/C4H8I2Te/c5-7(6)3-1-2-4-7/h1-4H2. The molecule has 0 aromatic rings. The molecule has 0 saturated carbocycles. The summed E-state index contributed by atoms with van der Waals surface area (Å²) in [5, 5.41) is 0. The monoisotopic (exact) mass is 440 g/mol. The zero-order chi connectivity index (χ0) is 5.33. The first-order chi connectivity index (χ1) is 3.21. The van der Waals surface area contributed by atoms with E-state index in [9.17, 15) is 0 Å². The topological polar surface area (TPSA) is 0 Å². The average molecular weight is 438 g/mol. The fourth-order valence-corrected chi connectivity index (χ4v) is 13.2. The molecule has 1 heterocycles. The molecular weight excluding hydrogens is 429 g/mol. The molecule has 0 radical (unpaired) electrons. The summed E-state index contributed by atoms with van der Waals surface area (Å²) in [5.74, 6) is 0. The van der Waals surface area contributed by atoms with Crippen molar-refractivity contribution in [1.82, 2.24) is 0 Å². The van der Waals surface area contributed by atoms with Crippen LogP contribution in [0.25, 0.3) is 0 Å². The van der Waals surface area contributed by atoms with Crippen molar-refractivity contribution in [2.75, 3.05) is 0 Å². The quantitative estimate of drug-likeness (QED) is 0.404. The van der Waals surface area contributed by atoms with Crippen LogP contribution >= 0.6 is 37.4 Å². The van der Waals surface area contributed by atoms with E-state index in [4.69, 9.17) is 0 Å². The summed E-state index contributed by atoms with van der Waals surface area (Å²) in [6, 6.07) is 0. The summed E-state index contributed by atoms with van der Waals surface area (Å²) in [6.07, 6.45) is 3.07. The number of halogens is 2. The van der Waals surface area contributed by atoms with Crippen LogP contribution in [0.5, 0.6) is 0 Å². The van der Waals surface area contributed by atoms with Gasteiger partial charge < -0.3 is 0 Å². The van der Waals surface area contributed by atoms with Gasteiger partial charge >= 0.3 is 69.5 Å². The van der Waals surface area contributed by atoms with Crippen LogP contribution in [-0.2, 0) is 0 Å². The Kier molecular flexibility index (Phi) is 3.04. The van der Waals surface area contributed by atoms with Gasteiger partial charge in [0.1, 0.15) is 0 Å². The zero-order valence-corrected chi connectivity index (χ0v) is 10.6. The summed E-state index contributed by atoms with van der Waals surface area (Å²) in [7, 11) is -1.05. The van der Waals surface area contributed by atoms with E-state index in [0.717, 1.165) is 0 Å². The Morgan fingerprint density at radius 2 is 1.43 bits per heavy atom. The van der Waals surface area contributed by atoms with Crippen molar-refractivity contribution < 1.29 is 0 Å². The van der Waals surface area contributed by atoms with E-state index in [0.29, 0.717) is 0 Å². The molecule has 0 atom stereocenters. The third-order valence-corrected chi connectivity index (χ3v) is 18.0. The predicted octanol–water partition coefficient (Wildman–Crippen LogP) is 3.09. The molecule has 1 fully saturated rings. The second-order valence-electron chi connectivity index (χ2n) is 1.81. The van der Waals surface area contributed by atoms with Crippen molar-refractivity contribution in [2.24, 2.45) is 0 Å². The van der Waals surface area contributed by atoms with Gasteiger partial charge in [0.15, 0.2) is 0 Å². The van der Waals surface area contributed by atoms with E-state index < -0.39 is 10.3 Å². The van der Waals surface area contributed by atoms with E-state index in [2.05, 4.69) is 37.4 Å². The summed E-state index contributed by atoms with van der Waals surface area (Å²) in [5.41, 5.74) is 0.